The molecule has 12 nitrogen and oxygen atoms in total. The second-order valence-corrected chi connectivity index (χ2v) is 18.4. The van der Waals surface area contributed by atoms with Crippen molar-refractivity contribution in [2.75, 3.05) is 6.61 Å². The largest absolute Gasteiger partial charge is 1.00 e. The average molecular weight is 732 g/mol. The molecular formula is C36H57N2NaO10P+. The Morgan fingerprint density at radius 2 is 1.88 bits per heavy atom. The smallest absolute Gasteiger partial charge is 0.390 e. The van der Waals surface area contributed by atoms with E-state index in [1.165, 1.54) is 18.7 Å². The van der Waals surface area contributed by atoms with Gasteiger partial charge in [0.25, 0.3) is 5.56 Å². The van der Waals surface area contributed by atoms with Crippen LogP contribution in [0.4, 0.5) is 0 Å². The van der Waals surface area contributed by atoms with E-state index in [-0.39, 0.29) is 52.7 Å². The van der Waals surface area contributed by atoms with E-state index >= 15 is 0 Å². The molecule has 1 aromatic heterocycles. The van der Waals surface area contributed by atoms with Crippen molar-refractivity contribution in [3.05, 3.63) is 44.8 Å². The molecule has 5 aliphatic rings. The van der Waals surface area contributed by atoms with Crippen LogP contribution in [0.15, 0.2) is 33.5 Å². The van der Waals surface area contributed by atoms with Crippen molar-refractivity contribution in [1.29, 1.82) is 0 Å². The van der Waals surface area contributed by atoms with Crippen LogP contribution in [0.25, 0.3) is 0 Å². The second-order valence-electron chi connectivity index (χ2n) is 17.0. The molecule has 1 saturated heterocycles. The molecule has 276 valence electrons. The van der Waals surface area contributed by atoms with Crippen LogP contribution in [0, 0.1) is 40.4 Å². The van der Waals surface area contributed by atoms with Crippen molar-refractivity contribution < 1.29 is 68.1 Å². The molecule has 0 aromatic carbocycles. The summed E-state index contributed by atoms with van der Waals surface area (Å²) in [4.78, 5) is 36.3. The monoisotopic (exact) mass is 731 g/mol. The maximum Gasteiger partial charge on any atom is 1.00 e. The number of aliphatic hydroxyl groups is 3. The Balaban J connectivity index is 0.00000486. The minimum Gasteiger partial charge on any atom is -0.390 e. The first-order chi connectivity index (χ1) is 22.9. The summed E-state index contributed by atoms with van der Waals surface area (Å²) in [7, 11) is -4.53. The van der Waals surface area contributed by atoms with Crippen molar-refractivity contribution in [2.45, 2.75) is 141 Å². The predicted molar refractivity (Wildman–Crippen MR) is 182 cm³/mol. The summed E-state index contributed by atoms with van der Waals surface area (Å²) in [6.07, 6.45) is 8.58. The number of fused-ring (bicyclic) bond motifs is 5. The van der Waals surface area contributed by atoms with Gasteiger partial charge in [0, 0.05) is 18.7 Å². The number of ether oxygens (including phenoxy) is 1. The van der Waals surface area contributed by atoms with Crippen LogP contribution in [-0.2, 0) is 18.3 Å². The maximum atomic E-state index is 13.1. The number of aromatic amines is 1. The van der Waals surface area contributed by atoms with Crippen LogP contribution >= 0.6 is 7.82 Å². The van der Waals surface area contributed by atoms with E-state index in [4.69, 9.17) is 13.8 Å². The number of hydrogen-bond donors (Lipinski definition) is 5. The molecule has 6 rings (SSSR count). The first kappa shape index (κ1) is 40.6. The summed E-state index contributed by atoms with van der Waals surface area (Å²) in [6.45, 7) is 10.5. The summed E-state index contributed by atoms with van der Waals surface area (Å²) in [5.41, 5.74) is -0.695. The fourth-order valence-corrected chi connectivity index (χ4v) is 11.8. The van der Waals surface area contributed by atoms with Gasteiger partial charge in [-0.25, -0.2) is 9.36 Å². The minimum absolute atomic E-state index is 0. The number of nitrogens with zero attached hydrogens (tertiary/aromatic N) is 1. The zero-order valence-corrected chi connectivity index (χ0v) is 33.5. The van der Waals surface area contributed by atoms with Gasteiger partial charge >= 0.3 is 43.1 Å². The van der Waals surface area contributed by atoms with Crippen LogP contribution in [0.3, 0.4) is 0 Å². The van der Waals surface area contributed by atoms with E-state index < -0.39 is 61.9 Å². The van der Waals surface area contributed by atoms with Gasteiger partial charge in [-0.15, -0.1) is 0 Å². The quantitative estimate of drug-likeness (QED) is 0.128. The van der Waals surface area contributed by atoms with Crippen molar-refractivity contribution in [2.24, 2.45) is 40.4 Å². The molecule has 13 atom stereocenters. The van der Waals surface area contributed by atoms with E-state index in [0.717, 1.165) is 55.1 Å². The van der Waals surface area contributed by atoms with Crippen molar-refractivity contribution >= 4 is 7.82 Å². The molecule has 5 N–H and O–H groups in total. The number of hydrogen-bond acceptors (Lipinski definition) is 9. The normalized spacial score (nSPS) is 40.1. The summed E-state index contributed by atoms with van der Waals surface area (Å²) >= 11 is 0. The van der Waals surface area contributed by atoms with E-state index in [1.807, 2.05) is 19.9 Å². The molecule has 0 spiro atoms. The molecule has 2 heterocycles. The molecule has 50 heavy (non-hydrogen) atoms. The van der Waals surface area contributed by atoms with Gasteiger partial charge < -0.3 is 24.9 Å². The molecule has 3 saturated carbocycles. The summed E-state index contributed by atoms with van der Waals surface area (Å²) < 4.78 is 30.9. The number of aromatic nitrogens is 2. The second kappa shape index (κ2) is 15.2. The van der Waals surface area contributed by atoms with E-state index in [2.05, 4.69) is 25.8 Å². The molecule has 0 amide bonds. The Bertz CT molecular complexity index is 1560. The molecule has 0 radical (unpaired) electrons. The van der Waals surface area contributed by atoms with Crippen molar-refractivity contribution in [1.82, 2.24) is 9.55 Å². The number of phosphoric acid groups is 1. The first-order valence-electron chi connectivity index (χ1n) is 18.3. The standard InChI is InChI=1S/C36H57N2O10P.Na/c1-21(7-6-13-34(2,3)43)24-8-9-25-32-26(11-15-36(24,25)5)35(4)14-10-23(17-22(35)18-28(32)40)48-49(44,45)46-20-29-27(39)19-31(47-29)38-16-12-30(41)37-33(38)42;/h12,16,18,21,23-29,31-32,39-40,43H,6-11,13-15,17,19-20H2,1-5H3,(H,44,45)(H,37,41,42);/q;+1. The van der Waals surface area contributed by atoms with Crippen LogP contribution in [0.2, 0.25) is 0 Å². The fraction of sp³-hybridized carbons (Fsp3) is 0.833. The Morgan fingerprint density at radius 3 is 2.58 bits per heavy atom. The van der Waals surface area contributed by atoms with Crippen LogP contribution in [-0.4, -0.2) is 66.4 Å². The zero-order valence-electron chi connectivity index (χ0n) is 30.6. The third kappa shape index (κ3) is 8.21. The third-order valence-electron chi connectivity index (χ3n) is 13.3. The van der Waals surface area contributed by atoms with E-state index in [1.54, 1.807) is 0 Å². The SMILES string of the molecule is CC(CCCC(C)(C)O)C1CCC2C3C(O)C=C4CC(OP(=O)(O)OCC5OC(n6ccc(=O)[nH]c6=O)CC5O)CCC4(C)C3CCC12C.[Na+]. The van der Waals surface area contributed by atoms with Gasteiger partial charge in [0.2, 0.25) is 0 Å². The summed E-state index contributed by atoms with van der Waals surface area (Å²) in [5, 5.41) is 32.4. The molecule has 0 bridgehead atoms. The van der Waals surface area contributed by atoms with Crippen molar-refractivity contribution in [3.63, 3.8) is 0 Å². The number of rotatable bonds is 11. The van der Waals surface area contributed by atoms with Gasteiger partial charge in [0.05, 0.1) is 30.5 Å². The first-order valence-corrected chi connectivity index (χ1v) is 19.8. The van der Waals surface area contributed by atoms with Gasteiger partial charge in [-0.3, -0.25) is 23.4 Å². The predicted octanol–water partition coefficient (Wildman–Crippen LogP) is 1.82. The van der Waals surface area contributed by atoms with E-state index in [0.29, 0.717) is 36.5 Å². The van der Waals surface area contributed by atoms with Gasteiger partial charge in [0.15, 0.2) is 0 Å². The average Bonchev–Trinajstić information content (AvgIpc) is 3.55. The van der Waals surface area contributed by atoms with Crippen molar-refractivity contribution in [3.8, 4) is 0 Å². The molecule has 1 aliphatic heterocycles. The van der Waals surface area contributed by atoms with Gasteiger partial charge in [-0.05, 0) is 106 Å². The molecule has 1 aromatic rings. The van der Waals surface area contributed by atoms with Gasteiger partial charge in [-0.2, -0.15) is 0 Å². The van der Waals surface area contributed by atoms with Crippen LogP contribution in [0.1, 0.15) is 111 Å². The minimum atomic E-state index is -4.53. The van der Waals surface area contributed by atoms with Crippen LogP contribution in [0.5, 0.6) is 0 Å². The van der Waals surface area contributed by atoms with Gasteiger partial charge in [-0.1, -0.05) is 45.3 Å². The van der Waals surface area contributed by atoms with Gasteiger partial charge in [0.1, 0.15) is 12.3 Å². The Morgan fingerprint density at radius 1 is 1.14 bits per heavy atom. The molecular weight excluding hydrogens is 674 g/mol. The number of nitrogens with one attached hydrogen (secondary N) is 1. The Labute approximate surface area is 317 Å². The molecule has 14 heteroatoms. The zero-order chi connectivity index (χ0) is 35.5. The fourth-order valence-electron chi connectivity index (χ4n) is 10.8. The summed E-state index contributed by atoms with van der Waals surface area (Å²) in [6, 6.07) is 1.17. The van der Waals surface area contributed by atoms with E-state index in [9.17, 15) is 34.4 Å². The third-order valence-corrected chi connectivity index (χ3v) is 14.4. The number of phosphoric ester groups is 1. The number of H-pyrrole nitrogens is 1. The Kier molecular flexibility index (Phi) is 12.4. The number of aliphatic hydroxyl groups excluding tert-OH is 2. The summed E-state index contributed by atoms with van der Waals surface area (Å²) in [5.74, 6) is 2.17. The van der Waals surface area contributed by atoms with Crippen LogP contribution < -0.4 is 40.8 Å². The molecule has 4 fully saturated rings. The topological polar surface area (TPSA) is 181 Å². The molecule has 13 unspecified atom stereocenters. The Hall–Kier alpha value is -0.630. The molecule has 4 aliphatic carbocycles. The maximum absolute atomic E-state index is 13.1.